The summed E-state index contributed by atoms with van der Waals surface area (Å²) in [5.74, 6) is 0. The van der Waals surface area contributed by atoms with E-state index in [0.29, 0.717) is 0 Å². The number of benzene rings is 1. The van der Waals surface area contributed by atoms with E-state index in [2.05, 4.69) is 40.3 Å². The zero-order chi connectivity index (χ0) is 9.38. The minimum Gasteiger partial charge on any atom is -0.360 e. The van der Waals surface area contributed by atoms with E-state index in [0.717, 1.165) is 11.4 Å². The summed E-state index contributed by atoms with van der Waals surface area (Å²) in [6.07, 6.45) is 3.97. The molecule has 0 aliphatic heterocycles. The lowest BCUT2D eigenvalue weighted by Crippen LogP contribution is -1.76. The summed E-state index contributed by atoms with van der Waals surface area (Å²) >= 11 is 0. The Morgan fingerprint density at radius 1 is 0.857 bits per heavy atom. The van der Waals surface area contributed by atoms with E-state index in [1.165, 1.54) is 10.8 Å². The first-order valence-corrected chi connectivity index (χ1v) is 4.65. The van der Waals surface area contributed by atoms with Gasteiger partial charge in [-0.1, -0.05) is 24.3 Å². The SMILES string of the molecule is c1c[nH]c(-c2[nH]cc3ccccc23)c1. The fourth-order valence-corrected chi connectivity index (χ4v) is 1.79. The normalized spacial score (nSPS) is 10.9. The molecular weight excluding hydrogens is 172 g/mol. The molecule has 2 heteroatoms. The lowest BCUT2D eigenvalue weighted by molar-refractivity contribution is 1.34. The molecule has 0 spiro atoms. The van der Waals surface area contributed by atoms with Crippen molar-refractivity contribution in [1.82, 2.24) is 9.97 Å². The van der Waals surface area contributed by atoms with Gasteiger partial charge in [0.25, 0.3) is 0 Å². The van der Waals surface area contributed by atoms with Crippen LogP contribution in [0.2, 0.25) is 0 Å². The topological polar surface area (TPSA) is 31.6 Å². The fraction of sp³-hybridized carbons (Fsp3) is 0. The molecular formula is C12H10N2. The van der Waals surface area contributed by atoms with Gasteiger partial charge in [0.05, 0.1) is 11.4 Å². The van der Waals surface area contributed by atoms with E-state index in [4.69, 9.17) is 0 Å². The van der Waals surface area contributed by atoms with Crippen LogP contribution in [-0.2, 0) is 0 Å². The Hall–Kier alpha value is -1.96. The first-order chi connectivity index (χ1) is 6.95. The predicted molar refractivity (Wildman–Crippen MR) is 58.1 cm³/mol. The maximum Gasteiger partial charge on any atom is 0.0699 e. The van der Waals surface area contributed by atoms with Crippen molar-refractivity contribution in [2.75, 3.05) is 0 Å². The van der Waals surface area contributed by atoms with Crippen LogP contribution in [0, 0.1) is 0 Å². The lowest BCUT2D eigenvalue weighted by Gasteiger charge is -1.94. The Morgan fingerprint density at radius 3 is 2.64 bits per heavy atom. The summed E-state index contributed by atoms with van der Waals surface area (Å²) in [5.41, 5.74) is 2.29. The molecule has 2 N–H and O–H groups in total. The second kappa shape index (κ2) is 2.77. The van der Waals surface area contributed by atoms with Crippen molar-refractivity contribution in [2.24, 2.45) is 0 Å². The molecule has 1 aromatic carbocycles. The van der Waals surface area contributed by atoms with Crippen LogP contribution in [0.4, 0.5) is 0 Å². The minimum absolute atomic E-state index is 1.13. The summed E-state index contributed by atoms with van der Waals surface area (Å²) in [7, 11) is 0. The van der Waals surface area contributed by atoms with Crippen LogP contribution < -0.4 is 0 Å². The molecule has 3 aromatic rings. The lowest BCUT2D eigenvalue weighted by atomic mass is 10.1. The summed E-state index contributed by atoms with van der Waals surface area (Å²) < 4.78 is 0. The number of nitrogens with one attached hydrogen (secondary N) is 2. The molecule has 0 aliphatic carbocycles. The Labute approximate surface area is 81.6 Å². The van der Waals surface area contributed by atoms with Crippen LogP contribution in [-0.4, -0.2) is 9.97 Å². The van der Waals surface area contributed by atoms with Gasteiger partial charge in [0.15, 0.2) is 0 Å². The summed E-state index contributed by atoms with van der Waals surface area (Å²) in [6.45, 7) is 0. The second-order valence-corrected chi connectivity index (χ2v) is 3.33. The highest BCUT2D eigenvalue weighted by atomic mass is 14.8. The third-order valence-corrected chi connectivity index (χ3v) is 2.47. The molecule has 2 heterocycles. The molecule has 0 fully saturated rings. The van der Waals surface area contributed by atoms with Crippen molar-refractivity contribution in [2.45, 2.75) is 0 Å². The van der Waals surface area contributed by atoms with Crippen molar-refractivity contribution in [3.05, 3.63) is 48.8 Å². The maximum absolute atomic E-state index is 3.28. The molecule has 0 radical (unpaired) electrons. The molecule has 14 heavy (non-hydrogen) atoms. The molecule has 68 valence electrons. The van der Waals surface area contributed by atoms with Crippen LogP contribution in [0.5, 0.6) is 0 Å². The quantitative estimate of drug-likeness (QED) is 0.579. The van der Waals surface area contributed by atoms with Gasteiger partial charge in [-0.3, -0.25) is 0 Å². The molecule has 0 bridgehead atoms. The average Bonchev–Trinajstić information content (AvgIpc) is 2.85. The Kier molecular flexibility index (Phi) is 1.47. The van der Waals surface area contributed by atoms with Gasteiger partial charge in [-0.25, -0.2) is 0 Å². The van der Waals surface area contributed by atoms with Crippen molar-refractivity contribution < 1.29 is 0 Å². The van der Waals surface area contributed by atoms with Crippen LogP contribution in [0.25, 0.3) is 22.2 Å². The third kappa shape index (κ3) is 0.973. The van der Waals surface area contributed by atoms with Gasteiger partial charge < -0.3 is 9.97 Å². The number of hydrogen-bond donors (Lipinski definition) is 2. The number of rotatable bonds is 1. The summed E-state index contributed by atoms with van der Waals surface area (Å²) in [6, 6.07) is 12.4. The largest absolute Gasteiger partial charge is 0.360 e. The van der Waals surface area contributed by atoms with Gasteiger partial charge in [0.1, 0.15) is 0 Å². The second-order valence-electron chi connectivity index (χ2n) is 3.33. The number of aromatic amines is 2. The molecule has 0 amide bonds. The number of H-pyrrole nitrogens is 2. The smallest absolute Gasteiger partial charge is 0.0699 e. The first kappa shape index (κ1) is 7.44. The van der Waals surface area contributed by atoms with Crippen LogP contribution in [0.15, 0.2) is 48.8 Å². The van der Waals surface area contributed by atoms with E-state index in [-0.39, 0.29) is 0 Å². The van der Waals surface area contributed by atoms with Crippen LogP contribution in [0.3, 0.4) is 0 Å². The molecule has 2 aromatic heterocycles. The zero-order valence-electron chi connectivity index (χ0n) is 7.62. The zero-order valence-corrected chi connectivity index (χ0v) is 7.62. The van der Waals surface area contributed by atoms with Crippen LogP contribution in [0.1, 0.15) is 0 Å². The van der Waals surface area contributed by atoms with Crippen molar-refractivity contribution in [1.29, 1.82) is 0 Å². The summed E-state index contributed by atoms with van der Waals surface area (Å²) in [4.78, 5) is 6.49. The number of hydrogen-bond acceptors (Lipinski definition) is 0. The fourth-order valence-electron chi connectivity index (χ4n) is 1.79. The van der Waals surface area contributed by atoms with Crippen LogP contribution >= 0.6 is 0 Å². The molecule has 2 nitrogen and oxygen atoms in total. The van der Waals surface area contributed by atoms with E-state index in [9.17, 15) is 0 Å². The van der Waals surface area contributed by atoms with E-state index >= 15 is 0 Å². The molecule has 3 rings (SSSR count). The molecule has 0 atom stereocenters. The summed E-state index contributed by atoms with van der Waals surface area (Å²) in [5, 5.41) is 2.51. The monoisotopic (exact) mass is 182 g/mol. The van der Waals surface area contributed by atoms with Gasteiger partial charge in [-0.05, 0) is 17.5 Å². The number of fused-ring (bicyclic) bond motifs is 1. The number of aromatic nitrogens is 2. The first-order valence-electron chi connectivity index (χ1n) is 4.65. The highest BCUT2D eigenvalue weighted by Crippen LogP contribution is 2.25. The van der Waals surface area contributed by atoms with Crippen molar-refractivity contribution >= 4 is 10.8 Å². The van der Waals surface area contributed by atoms with E-state index < -0.39 is 0 Å². The minimum atomic E-state index is 1.13. The van der Waals surface area contributed by atoms with Gasteiger partial charge in [-0.2, -0.15) is 0 Å². The van der Waals surface area contributed by atoms with Gasteiger partial charge >= 0.3 is 0 Å². The maximum atomic E-state index is 3.28. The van der Waals surface area contributed by atoms with Gasteiger partial charge in [-0.15, -0.1) is 0 Å². The predicted octanol–water partition coefficient (Wildman–Crippen LogP) is 3.16. The standard InChI is InChI=1S/C12H10N2/c1-2-5-10-9(4-1)8-14-12(10)11-6-3-7-13-11/h1-8,13-14H. The molecule has 0 unspecified atom stereocenters. The van der Waals surface area contributed by atoms with Gasteiger partial charge in [0, 0.05) is 17.8 Å². The van der Waals surface area contributed by atoms with Crippen molar-refractivity contribution in [3.8, 4) is 11.4 Å². The highest BCUT2D eigenvalue weighted by Gasteiger charge is 2.04. The Morgan fingerprint density at radius 2 is 1.79 bits per heavy atom. The highest BCUT2D eigenvalue weighted by molar-refractivity contribution is 5.94. The van der Waals surface area contributed by atoms with E-state index in [1.54, 1.807) is 0 Å². The van der Waals surface area contributed by atoms with E-state index in [1.807, 2.05) is 18.5 Å². The molecule has 0 saturated heterocycles. The third-order valence-electron chi connectivity index (χ3n) is 2.47. The van der Waals surface area contributed by atoms with Crippen molar-refractivity contribution in [3.63, 3.8) is 0 Å². The van der Waals surface area contributed by atoms with Gasteiger partial charge in [0.2, 0.25) is 0 Å². The molecule has 0 saturated carbocycles. The Balaban J connectivity index is 2.33. The average molecular weight is 182 g/mol. The Bertz CT molecular complexity index is 546. The molecule has 0 aliphatic rings.